The van der Waals surface area contributed by atoms with E-state index in [1.807, 2.05) is 19.1 Å². The van der Waals surface area contributed by atoms with Crippen molar-refractivity contribution in [3.05, 3.63) is 65.2 Å². The molecule has 0 aliphatic carbocycles. The molecule has 1 aromatic carbocycles. The Labute approximate surface area is 122 Å². The maximum atomic E-state index is 13.7. The van der Waals surface area contributed by atoms with Gasteiger partial charge in [0.25, 0.3) is 0 Å². The van der Waals surface area contributed by atoms with Crippen molar-refractivity contribution in [1.29, 1.82) is 0 Å². The number of hydrogen-bond donors (Lipinski definition) is 1. The normalized spacial score (nSPS) is 10.8. The third kappa shape index (κ3) is 4.10. The first-order valence-corrected chi connectivity index (χ1v) is 6.73. The van der Waals surface area contributed by atoms with E-state index < -0.39 is 11.8 Å². The lowest BCUT2D eigenvalue weighted by Crippen LogP contribution is -2.22. The number of pyridine rings is 1. The highest BCUT2D eigenvalue weighted by Gasteiger charge is 2.12. The van der Waals surface area contributed by atoms with E-state index >= 15 is 0 Å². The van der Waals surface area contributed by atoms with Gasteiger partial charge in [0.2, 0.25) is 0 Å². The van der Waals surface area contributed by atoms with Crippen LogP contribution in [0.1, 0.15) is 28.4 Å². The second-order valence-electron chi connectivity index (χ2n) is 4.78. The minimum atomic E-state index is -1.25. The Morgan fingerprint density at radius 1 is 1.19 bits per heavy atom. The second-order valence-corrected chi connectivity index (χ2v) is 4.78. The molecule has 0 aliphatic rings. The molecule has 4 nitrogen and oxygen atoms in total. The van der Waals surface area contributed by atoms with Crippen molar-refractivity contribution in [3.63, 3.8) is 0 Å². The molecule has 0 amide bonds. The van der Waals surface area contributed by atoms with E-state index in [2.05, 4.69) is 9.88 Å². The summed E-state index contributed by atoms with van der Waals surface area (Å²) < 4.78 is 13.7. The van der Waals surface area contributed by atoms with E-state index in [9.17, 15) is 9.18 Å². The van der Waals surface area contributed by atoms with Crippen molar-refractivity contribution in [1.82, 2.24) is 9.88 Å². The van der Waals surface area contributed by atoms with E-state index in [4.69, 9.17) is 5.11 Å². The lowest BCUT2D eigenvalue weighted by Gasteiger charge is -2.20. The van der Waals surface area contributed by atoms with Gasteiger partial charge in [-0.3, -0.25) is 9.88 Å². The van der Waals surface area contributed by atoms with Crippen LogP contribution in [0.15, 0.2) is 42.7 Å². The van der Waals surface area contributed by atoms with E-state index in [0.29, 0.717) is 6.54 Å². The summed E-state index contributed by atoms with van der Waals surface area (Å²) in [6.45, 7) is 4.14. The van der Waals surface area contributed by atoms with E-state index in [1.54, 1.807) is 18.5 Å². The molecule has 5 heteroatoms. The fourth-order valence-corrected chi connectivity index (χ4v) is 2.11. The van der Waals surface area contributed by atoms with Crippen LogP contribution in [0.2, 0.25) is 0 Å². The molecule has 21 heavy (non-hydrogen) atoms. The lowest BCUT2D eigenvalue weighted by molar-refractivity contribution is 0.0692. The smallest absolute Gasteiger partial charge is 0.338 e. The zero-order chi connectivity index (χ0) is 15.2. The zero-order valence-corrected chi connectivity index (χ0v) is 11.8. The van der Waals surface area contributed by atoms with Crippen LogP contribution in [0.25, 0.3) is 0 Å². The molecule has 0 unspecified atom stereocenters. The number of hydrogen-bond acceptors (Lipinski definition) is 3. The van der Waals surface area contributed by atoms with E-state index in [0.717, 1.165) is 24.2 Å². The minimum absolute atomic E-state index is 0.295. The highest BCUT2D eigenvalue weighted by Crippen LogP contribution is 2.14. The molecule has 1 aromatic heterocycles. The number of carbonyl (C=O) groups is 1. The first-order valence-electron chi connectivity index (χ1n) is 6.73. The predicted octanol–water partition coefficient (Wildman–Crippen LogP) is 2.94. The summed E-state index contributed by atoms with van der Waals surface area (Å²) in [5.41, 5.74) is 1.60. The first-order chi connectivity index (χ1) is 10.1. The van der Waals surface area contributed by atoms with Gasteiger partial charge in [-0.15, -0.1) is 0 Å². The number of rotatable bonds is 6. The third-order valence-corrected chi connectivity index (χ3v) is 3.27. The highest BCUT2D eigenvalue weighted by molar-refractivity contribution is 5.87. The molecule has 0 saturated heterocycles. The molecule has 2 aromatic rings. The highest BCUT2D eigenvalue weighted by atomic mass is 19.1. The summed E-state index contributed by atoms with van der Waals surface area (Å²) in [6.07, 6.45) is 3.48. The molecule has 0 aliphatic heterocycles. The van der Waals surface area contributed by atoms with Gasteiger partial charge in [-0.2, -0.15) is 0 Å². The maximum absolute atomic E-state index is 13.7. The molecule has 0 saturated carbocycles. The van der Waals surface area contributed by atoms with E-state index in [1.165, 1.54) is 12.1 Å². The topological polar surface area (TPSA) is 53.4 Å². The molecule has 2 rings (SSSR count). The van der Waals surface area contributed by atoms with Gasteiger partial charge >= 0.3 is 5.97 Å². The number of benzene rings is 1. The van der Waals surface area contributed by atoms with Crippen molar-refractivity contribution in [2.24, 2.45) is 0 Å². The molecule has 0 atom stereocenters. The minimum Gasteiger partial charge on any atom is -0.478 e. The van der Waals surface area contributed by atoms with Gasteiger partial charge in [0.15, 0.2) is 0 Å². The molecule has 1 N–H and O–H groups in total. The number of halogens is 1. The van der Waals surface area contributed by atoms with Crippen LogP contribution >= 0.6 is 0 Å². The summed E-state index contributed by atoms with van der Waals surface area (Å²) in [5, 5.41) is 8.82. The molecular formula is C16H17FN2O2. The number of carboxylic acid groups (broad SMARTS) is 1. The fourth-order valence-electron chi connectivity index (χ4n) is 2.11. The van der Waals surface area contributed by atoms with Crippen LogP contribution in [-0.4, -0.2) is 27.5 Å². The van der Waals surface area contributed by atoms with Crippen molar-refractivity contribution in [3.8, 4) is 0 Å². The van der Waals surface area contributed by atoms with Crippen molar-refractivity contribution >= 4 is 5.97 Å². The van der Waals surface area contributed by atoms with Crippen LogP contribution < -0.4 is 0 Å². The Hall–Kier alpha value is -2.27. The Kier molecular flexibility index (Phi) is 5.00. The van der Waals surface area contributed by atoms with Gasteiger partial charge in [0.1, 0.15) is 5.82 Å². The number of aromatic carboxylic acids is 1. The van der Waals surface area contributed by atoms with Gasteiger partial charge in [0.05, 0.1) is 5.56 Å². The summed E-state index contributed by atoms with van der Waals surface area (Å²) in [4.78, 5) is 16.9. The van der Waals surface area contributed by atoms with Crippen LogP contribution in [0.4, 0.5) is 4.39 Å². The number of carboxylic acids is 1. The average molecular weight is 288 g/mol. The first kappa shape index (κ1) is 15.1. The van der Waals surface area contributed by atoms with Crippen LogP contribution in [0.5, 0.6) is 0 Å². The summed E-state index contributed by atoms with van der Waals surface area (Å²) in [7, 11) is 0. The maximum Gasteiger partial charge on any atom is 0.338 e. The van der Waals surface area contributed by atoms with Gasteiger partial charge in [-0.1, -0.05) is 13.0 Å². The molecule has 1 heterocycles. The van der Waals surface area contributed by atoms with Crippen molar-refractivity contribution in [2.75, 3.05) is 6.54 Å². The van der Waals surface area contributed by atoms with Crippen LogP contribution in [-0.2, 0) is 13.1 Å². The summed E-state index contributed by atoms with van der Waals surface area (Å²) in [5.74, 6) is -1.94. The largest absolute Gasteiger partial charge is 0.478 e. The Morgan fingerprint density at radius 2 is 1.86 bits per heavy atom. The van der Waals surface area contributed by atoms with Gasteiger partial charge in [0, 0.05) is 25.5 Å². The Balaban J connectivity index is 2.08. The van der Waals surface area contributed by atoms with Crippen molar-refractivity contribution < 1.29 is 14.3 Å². The second kappa shape index (κ2) is 6.95. The number of nitrogens with zero attached hydrogens (tertiary/aromatic N) is 2. The lowest BCUT2D eigenvalue weighted by atomic mass is 10.1. The van der Waals surface area contributed by atoms with Gasteiger partial charge in [-0.25, -0.2) is 9.18 Å². The van der Waals surface area contributed by atoms with Crippen molar-refractivity contribution in [2.45, 2.75) is 20.0 Å². The molecule has 0 radical (unpaired) electrons. The van der Waals surface area contributed by atoms with E-state index in [-0.39, 0.29) is 5.56 Å². The van der Waals surface area contributed by atoms with Gasteiger partial charge in [-0.05, 0) is 41.9 Å². The SMILES string of the molecule is CCN(Cc1ccncc1)Cc1ccc(C(=O)O)c(F)c1. The average Bonchev–Trinajstić information content (AvgIpc) is 2.47. The number of aromatic nitrogens is 1. The molecule has 0 fully saturated rings. The summed E-state index contributed by atoms with van der Waals surface area (Å²) in [6, 6.07) is 8.14. The molecule has 110 valence electrons. The zero-order valence-electron chi connectivity index (χ0n) is 11.8. The monoisotopic (exact) mass is 288 g/mol. The van der Waals surface area contributed by atoms with Gasteiger partial charge < -0.3 is 5.11 Å². The quantitative estimate of drug-likeness (QED) is 0.888. The molecular weight excluding hydrogens is 271 g/mol. The van der Waals surface area contributed by atoms with Crippen LogP contribution in [0, 0.1) is 5.82 Å². The fraction of sp³-hybridized carbons (Fsp3) is 0.250. The Bertz CT molecular complexity index is 617. The molecule has 0 spiro atoms. The molecule has 0 bridgehead atoms. The summed E-state index contributed by atoms with van der Waals surface area (Å²) >= 11 is 0. The standard InChI is InChI=1S/C16H17FN2O2/c1-2-19(10-12-5-7-18-8-6-12)11-13-3-4-14(16(20)21)15(17)9-13/h3-9H,2,10-11H2,1H3,(H,20,21). The third-order valence-electron chi connectivity index (χ3n) is 3.27. The Morgan fingerprint density at radius 3 is 2.43 bits per heavy atom. The predicted molar refractivity (Wildman–Crippen MR) is 77.4 cm³/mol. The van der Waals surface area contributed by atoms with Crippen LogP contribution in [0.3, 0.4) is 0 Å².